The van der Waals surface area contributed by atoms with Gasteiger partial charge in [-0.1, -0.05) is 34.6 Å². The van der Waals surface area contributed by atoms with Crippen LogP contribution < -0.4 is 11.5 Å². The summed E-state index contributed by atoms with van der Waals surface area (Å²) in [5.74, 6) is -0.955. The quantitative estimate of drug-likeness (QED) is 0.199. The lowest BCUT2D eigenvalue weighted by Gasteiger charge is -2.19. The average Bonchev–Trinajstić information content (AvgIpc) is 2.63. The fourth-order valence-corrected chi connectivity index (χ4v) is 9.17. The van der Waals surface area contributed by atoms with Crippen molar-refractivity contribution in [1.29, 1.82) is 0 Å². The van der Waals surface area contributed by atoms with E-state index in [4.69, 9.17) is 60.6 Å². The Hall–Kier alpha value is 0.460. The predicted octanol–water partition coefficient (Wildman–Crippen LogP) is 5.21. The molecule has 1 aromatic carbocycles. The molecule has 0 aliphatic heterocycles. The van der Waals surface area contributed by atoms with E-state index >= 15 is 0 Å². The molecule has 0 aliphatic carbocycles. The van der Waals surface area contributed by atoms with E-state index < -0.39 is 17.7 Å². The van der Waals surface area contributed by atoms with Crippen LogP contribution in [0.3, 0.4) is 0 Å². The number of nitrogens with two attached hydrogens (primary N) is 2. The third kappa shape index (κ3) is 12.9. The van der Waals surface area contributed by atoms with E-state index in [0.717, 1.165) is 9.98 Å². The van der Waals surface area contributed by atoms with Crippen LogP contribution >= 0.6 is 52.0 Å². The summed E-state index contributed by atoms with van der Waals surface area (Å²) in [6.45, 7) is 5.46. The minimum absolute atomic E-state index is 0.464. The van der Waals surface area contributed by atoms with Gasteiger partial charge >= 0.3 is 5.97 Å². The van der Waals surface area contributed by atoms with E-state index in [-0.39, 0.29) is 0 Å². The van der Waals surface area contributed by atoms with Crippen molar-refractivity contribution >= 4 is 69.8 Å². The van der Waals surface area contributed by atoms with E-state index in [9.17, 15) is 4.79 Å². The van der Waals surface area contributed by atoms with Crippen molar-refractivity contribution in [1.82, 2.24) is 0 Å². The van der Waals surface area contributed by atoms with Crippen molar-refractivity contribution in [2.75, 3.05) is 24.8 Å². The summed E-state index contributed by atoms with van der Waals surface area (Å²) in [5, 5.41) is 10.3. The molecule has 0 fully saturated rings. The number of carbonyl (C=O) groups is 1. The van der Waals surface area contributed by atoms with Crippen LogP contribution in [-0.4, -0.2) is 42.0 Å². The van der Waals surface area contributed by atoms with Crippen LogP contribution in [0.15, 0.2) is 23.1 Å². The largest absolute Gasteiger partial charge is 0.480 e. The van der Waals surface area contributed by atoms with Crippen LogP contribution in [0.5, 0.6) is 0 Å². The Morgan fingerprint density at radius 2 is 1.93 bits per heavy atom. The Kier molecular flexibility index (Phi) is 16.5. The third-order valence-electron chi connectivity index (χ3n) is 2.93. The van der Waals surface area contributed by atoms with Crippen molar-refractivity contribution in [3.05, 3.63) is 28.2 Å². The smallest absolute Gasteiger partial charge is 0.320 e. The number of carboxylic acid groups (broad SMARTS) is 1. The van der Waals surface area contributed by atoms with Crippen molar-refractivity contribution in [2.24, 2.45) is 11.5 Å². The summed E-state index contributed by atoms with van der Waals surface area (Å²) in [6, 6.07) is 4.66. The van der Waals surface area contributed by atoms with E-state index in [2.05, 4.69) is 0 Å². The zero-order valence-electron chi connectivity index (χ0n) is 15.8. The molecule has 0 radical (unpaired) electrons. The minimum Gasteiger partial charge on any atom is -0.480 e. The molecule has 0 bridgehead atoms. The number of benzene rings is 1. The van der Waals surface area contributed by atoms with Gasteiger partial charge in [-0.25, -0.2) is 0 Å². The molecule has 12 heteroatoms. The second-order valence-corrected chi connectivity index (χ2v) is 13.7. The lowest BCUT2D eigenvalue weighted by molar-refractivity contribution is -0.138. The second kappa shape index (κ2) is 16.2. The number of hydrogen-bond donors (Lipinski definition) is 3. The van der Waals surface area contributed by atoms with Gasteiger partial charge in [0.25, 0.3) is 0 Å². The van der Waals surface area contributed by atoms with E-state index in [1.165, 1.54) is 11.4 Å². The molecule has 0 saturated carbocycles. The average molecular weight is 509 g/mol. The van der Waals surface area contributed by atoms with Gasteiger partial charge < -0.3 is 25.6 Å². The summed E-state index contributed by atoms with van der Waals surface area (Å²) in [4.78, 5) is 11.0. The van der Waals surface area contributed by atoms with Gasteiger partial charge in [0.1, 0.15) is 6.04 Å². The zero-order chi connectivity index (χ0) is 21.6. The van der Waals surface area contributed by atoms with E-state index in [1.54, 1.807) is 23.9 Å². The Labute approximate surface area is 190 Å². The van der Waals surface area contributed by atoms with Gasteiger partial charge in [0, 0.05) is 9.92 Å². The third-order valence-corrected chi connectivity index (χ3v) is 10.7. The second-order valence-electron chi connectivity index (χ2n) is 5.12. The number of hydrogen-bond acceptors (Lipinski definition) is 8. The fraction of sp³-hybridized carbons (Fsp3) is 0.562. The Bertz CT molecular complexity index is 634. The van der Waals surface area contributed by atoms with Gasteiger partial charge in [0.15, 0.2) is 0 Å². The lowest BCUT2D eigenvalue weighted by atomic mass is 10.2. The first-order valence-electron chi connectivity index (χ1n) is 8.49. The molecule has 1 aromatic rings. The monoisotopic (exact) mass is 508 g/mol. The van der Waals surface area contributed by atoms with Crippen LogP contribution in [0.2, 0.25) is 10.0 Å². The van der Waals surface area contributed by atoms with Crippen molar-refractivity contribution < 1.29 is 18.9 Å². The first kappa shape index (κ1) is 28.5. The summed E-state index contributed by atoms with van der Waals surface area (Å²) in [7, 11) is 0. The highest BCUT2D eigenvalue weighted by molar-refractivity contribution is 8.69. The number of carboxylic acids is 1. The Morgan fingerprint density at radius 1 is 1.32 bits per heavy atom. The fourth-order valence-electron chi connectivity index (χ4n) is 1.63. The van der Waals surface area contributed by atoms with Crippen LogP contribution in [0.4, 0.5) is 0 Å². The van der Waals surface area contributed by atoms with Crippen LogP contribution in [-0.2, 0) is 25.6 Å². The van der Waals surface area contributed by atoms with Crippen LogP contribution in [0, 0.1) is 0 Å². The summed E-state index contributed by atoms with van der Waals surface area (Å²) >= 11 is 20.6. The molecule has 0 spiro atoms. The highest BCUT2D eigenvalue weighted by Gasteiger charge is 2.19. The molecular weight excluding hydrogens is 482 g/mol. The van der Waals surface area contributed by atoms with Gasteiger partial charge in [-0.2, -0.15) is 0 Å². The maximum atomic E-state index is 10.0. The maximum absolute atomic E-state index is 10.0. The highest BCUT2D eigenvalue weighted by Crippen LogP contribution is 2.62. The summed E-state index contributed by atoms with van der Waals surface area (Å²) in [6.07, 6.45) is 1.14. The normalized spacial score (nSPS) is 12.2. The molecule has 6 nitrogen and oxygen atoms in total. The zero-order valence-corrected chi connectivity index (χ0v) is 20.7. The Balaban J connectivity index is 0.000000684. The van der Waals surface area contributed by atoms with Gasteiger partial charge in [-0.15, -0.1) is 11.8 Å². The van der Waals surface area contributed by atoms with E-state index in [0.29, 0.717) is 42.6 Å². The molecular formula is C16H27Cl2N2O4PS3. The van der Waals surface area contributed by atoms with Gasteiger partial charge in [0.05, 0.1) is 23.3 Å². The number of rotatable bonds is 12. The number of aliphatic carboxylic acids is 1. The molecule has 28 heavy (non-hydrogen) atoms. The molecule has 0 aromatic heterocycles. The molecule has 0 saturated heterocycles. The topological polar surface area (TPSA) is 108 Å². The maximum Gasteiger partial charge on any atom is 0.320 e. The van der Waals surface area contributed by atoms with Crippen molar-refractivity contribution in [3.63, 3.8) is 0 Å². The molecule has 162 valence electrons. The summed E-state index contributed by atoms with van der Waals surface area (Å²) < 4.78 is 11.1. The van der Waals surface area contributed by atoms with Crippen LogP contribution in [0.1, 0.15) is 26.7 Å². The van der Waals surface area contributed by atoms with Gasteiger partial charge in [-0.05, 0) is 63.2 Å². The van der Waals surface area contributed by atoms with Gasteiger partial charge in [-0.3, -0.25) is 4.79 Å². The lowest BCUT2D eigenvalue weighted by Crippen LogP contribution is -2.30. The van der Waals surface area contributed by atoms with Crippen LogP contribution in [0.25, 0.3) is 0 Å². The number of thioether (sulfide) groups is 1. The molecule has 0 amide bonds. The van der Waals surface area contributed by atoms with Crippen molar-refractivity contribution in [3.8, 4) is 0 Å². The molecule has 1 rings (SSSR count). The minimum atomic E-state index is -2.23. The van der Waals surface area contributed by atoms with Gasteiger partial charge in [0.2, 0.25) is 5.69 Å². The molecule has 0 heterocycles. The highest BCUT2D eigenvalue weighted by atomic mass is 35.5. The molecule has 0 aliphatic rings. The van der Waals surface area contributed by atoms with E-state index in [1.807, 2.05) is 19.9 Å². The molecule has 1 atom stereocenters. The summed E-state index contributed by atoms with van der Waals surface area (Å²) in [5.41, 5.74) is 8.05. The predicted molar refractivity (Wildman–Crippen MR) is 126 cm³/mol. The molecule has 5 N–H and O–H groups in total. The standard InChI is InChI=1S/C11H15Cl2O2PS3.C5H12N2O2/c1-3-14-16(17,15-4-2)19-8-18-11-7-9(12)5-6-10(11)13;6-3-1-2-4(7)5(8)9/h5-7H,3-4,8H2,1-2H3;4H,1-3,6-7H2,(H,8,9). The molecule has 1 unspecified atom stereocenters. The SMILES string of the molecule is CCOP(=S)(OCC)SCSc1cc(Cl)ccc1Cl.NCCCC(N)C(=O)O. The van der Waals surface area contributed by atoms with Crippen molar-refractivity contribution in [2.45, 2.75) is 37.6 Å². The first-order valence-corrected chi connectivity index (χ1v) is 14.5. The first-order chi connectivity index (χ1) is 13.2. The number of halogens is 2. The Morgan fingerprint density at radius 3 is 2.43 bits per heavy atom.